The van der Waals surface area contributed by atoms with E-state index >= 15 is 0 Å². The van der Waals surface area contributed by atoms with E-state index < -0.39 is 5.97 Å². The normalized spacial score (nSPS) is 11.2. The molecule has 130 valence electrons. The maximum absolute atomic E-state index is 12.3. The fourth-order valence-electron chi connectivity index (χ4n) is 2.70. The lowest BCUT2D eigenvalue weighted by molar-refractivity contribution is 0.0458. The van der Waals surface area contributed by atoms with Crippen molar-refractivity contribution in [3.05, 3.63) is 64.3 Å². The summed E-state index contributed by atoms with van der Waals surface area (Å²) in [5.41, 5.74) is 3.04. The van der Waals surface area contributed by atoms with Gasteiger partial charge >= 0.3 is 5.97 Å². The predicted octanol–water partition coefficient (Wildman–Crippen LogP) is 3.30. The number of nitrogens with zero attached hydrogens (tertiary/aromatic N) is 5. The molecule has 0 radical (unpaired) electrons. The fraction of sp³-hybridized carbons (Fsp3) is 0.167. The van der Waals surface area contributed by atoms with Crippen molar-refractivity contribution < 1.29 is 9.53 Å². The van der Waals surface area contributed by atoms with Crippen molar-refractivity contribution in [3.8, 4) is 0 Å². The van der Waals surface area contributed by atoms with Crippen LogP contribution < -0.4 is 0 Å². The van der Waals surface area contributed by atoms with E-state index in [1.165, 1.54) is 4.52 Å². The van der Waals surface area contributed by atoms with Crippen molar-refractivity contribution in [2.75, 3.05) is 0 Å². The van der Waals surface area contributed by atoms with E-state index in [4.69, 9.17) is 16.3 Å². The number of benzene rings is 1. The highest BCUT2D eigenvalue weighted by atomic mass is 35.5. The van der Waals surface area contributed by atoms with Gasteiger partial charge in [-0.3, -0.25) is 0 Å². The van der Waals surface area contributed by atoms with Crippen LogP contribution in [0.25, 0.3) is 16.7 Å². The standard InChI is InChI=1S/C18H14ClN5O2/c1-10-7-11(2)24-18(20-10)22-16(23-24)17(25)26-9-13-8-12-5-3-4-6-14(12)21-15(13)19/h3-8H,9H2,1-2H3. The van der Waals surface area contributed by atoms with E-state index in [2.05, 4.69) is 20.1 Å². The van der Waals surface area contributed by atoms with E-state index in [0.717, 1.165) is 22.3 Å². The number of esters is 1. The molecule has 26 heavy (non-hydrogen) atoms. The molecule has 0 fully saturated rings. The lowest BCUT2D eigenvalue weighted by Gasteiger charge is -2.06. The number of aryl methyl sites for hydroxylation is 2. The van der Waals surface area contributed by atoms with Crippen LogP contribution in [0.15, 0.2) is 36.4 Å². The zero-order chi connectivity index (χ0) is 18.3. The van der Waals surface area contributed by atoms with Crippen LogP contribution in [0.1, 0.15) is 27.6 Å². The second kappa shape index (κ2) is 6.34. The Bertz CT molecular complexity index is 1160. The van der Waals surface area contributed by atoms with Crippen LogP contribution in [0.3, 0.4) is 0 Å². The number of hydrogen-bond donors (Lipinski definition) is 0. The lowest BCUT2D eigenvalue weighted by Crippen LogP contribution is -2.08. The van der Waals surface area contributed by atoms with Gasteiger partial charge in [-0.2, -0.15) is 4.98 Å². The largest absolute Gasteiger partial charge is 0.455 e. The minimum Gasteiger partial charge on any atom is -0.455 e. The van der Waals surface area contributed by atoms with Crippen LogP contribution in [0, 0.1) is 13.8 Å². The minimum absolute atomic E-state index is 0.0174. The Kier molecular flexibility index (Phi) is 4.00. The van der Waals surface area contributed by atoms with E-state index in [1.807, 2.05) is 50.2 Å². The van der Waals surface area contributed by atoms with Gasteiger partial charge in [0, 0.05) is 22.3 Å². The van der Waals surface area contributed by atoms with Crippen molar-refractivity contribution in [1.29, 1.82) is 0 Å². The number of fused-ring (bicyclic) bond motifs is 2. The van der Waals surface area contributed by atoms with Crippen molar-refractivity contribution in [2.24, 2.45) is 0 Å². The van der Waals surface area contributed by atoms with Gasteiger partial charge < -0.3 is 4.74 Å². The third-order valence-electron chi connectivity index (χ3n) is 3.91. The van der Waals surface area contributed by atoms with E-state index in [0.29, 0.717) is 16.5 Å². The molecule has 8 heteroatoms. The van der Waals surface area contributed by atoms with Crippen LogP contribution in [-0.2, 0) is 11.3 Å². The Hall–Kier alpha value is -3.06. The Balaban J connectivity index is 1.57. The first kappa shape index (κ1) is 16.4. The second-order valence-corrected chi connectivity index (χ2v) is 6.25. The van der Waals surface area contributed by atoms with Crippen LogP contribution >= 0.6 is 11.6 Å². The molecule has 0 aliphatic rings. The molecule has 0 aliphatic heterocycles. The molecule has 4 rings (SSSR count). The second-order valence-electron chi connectivity index (χ2n) is 5.89. The van der Waals surface area contributed by atoms with Crippen molar-refractivity contribution >= 4 is 34.3 Å². The monoisotopic (exact) mass is 367 g/mol. The Morgan fingerprint density at radius 3 is 2.81 bits per heavy atom. The van der Waals surface area contributed by atoms with Crippen LogP contribution in [0.2, 0.25) is 5.15 Å². The number of pyridine rings is 1. The van der Waals surface area contributed by atoms with Gasteiger partial charge in [-0.25, -0.2) is 19.3 Å². The first-order valence-electron chi connectivity index (χ1n) is 7.93. The molecule has 7 nitrogen and oxygen atoms in total. The van der Waals surface area contributed by atoms with Gasteiger partial charge in [0.25, 0.3) is 11.6 Å². The molecule has 0 amide bonds. The summed E-state index contributed by atoms with van der Waals surface area (Å²) < 4.78 is 6.82. The number of hydrogen-bond acceptors (Lipinski definition) is 6. The third kappa shape index (κ3) is 2.97. The number of para-hydroxylation sites is 1. The first-order valence-corrected chi connectivity index (χ1v) is 8.31. The average molecular weight is 368 g/mol. The quantitative estimate of drug-likeness (QED) is 0.408. The molecule has 0 spiro atoms. The molecule has 0 saturated heterocycles. The number of carbonyl (C=O) groups is 1. The van der Waals surface area contributed by atoms with Gasteiger partial charge in [-0.15, -0.1) is 5.10 Å². The molecule has 4 aromatic rings. The Morgan fingerprint density at radius 1 is 1.15 bits per heavy atom. The van der Waals surface area contributed by atoms with E-state index in [1.54, 1.807) is 0 Å². The molecule has 1 aromatic carbocycles. The predicted molar refractivity (Wildman–Crippen MR) is 96.1 cm³/mol. The first-order chi connectivity index (χ1) is 12.5. The molecule has 3 aromatic heterocycles. The molecular formula is C18H14ClN5O2. The Labute approximate surface area is 153 Å². The van der Waals surface area contributed by atoms with E-state index in [-0.39, 0.29) is 12.4 Å². The number of aromatic nitrogens is 5. The minimum atomic E-state index is -0.642. The molecule has 0 atom stereocenters. The summed E-state index contributed by atoms with van der Waals surface area (Å²) >= 11 is 6.19. The molecular weight excluding hydrogens is 354 g/mol. The summed E-state index contributed by atoms with van der Waals surface area (Å²) in [4.78, 5) is 25.0. The average Bonchev–Trinajstić information content (AvgIpc) is 3.04. The molecule has 3 heterocycles. The number of rotatable bonds is 3. The van der Waals surface area contributed by atoms with Crippen LogP contribution in [0.5, 0.6) is 0 Å². The lowest BCUT2D eigenvalue weighted by atomic mass is 10.2. The van der Waals surface area contributed by atoms with Gasteiger partial charge in [-0.05, 0) is 32.0 Å². The maximum Gasteiger partial charge on any atom is 0.378 e. The number of carbonyl (C=O) groups excluding carboxylic acids is 1. The zero-order valence-corrected chi connectivity index (χ0v) is 14.9. The molecule has 0 saturated carbocycles. The summed E-state index contributed by atoms with van der Waals surface area (Å²) in [5, 5.41) is 5.38. The van der Waals surface area contributed by atoms with Crippen molar-refractivity contribution in [2.45, 2.75) is 20.5 Å². The summed E-state index contributed by atoms with van der Waals surface area (Å²) in [5.74, 6) is -0.326. The smallest absolute Gasteiger partial charge is 0.378 e. The molecule has 0 N–H and O–H groups in total. The van der Waals surface area contributed by atoms with Gasteiger partial charge in [0.2, 0.25) is 0 Å². The zero-order valence-electron chi connectivity index (χ0n) is 14.1. The molecule has 0 aliphatic carbocycles. The molecule has 0 unspecified atom stereocenters. The van der Waals surface area contributed by atoms with Gasteiger partial charge in [-0.1, -0.05) is 29.8 Å². The maximum atomic E-state index is 12.3. The van der Waals surface area contributed by atoms with Crippen molar-refractivity contribution in [3.63, 3.8) is 0 Å². The fourth-order valence-corrected chi connectivity index (χ4v) is 2.90. The Morgan fingerprint density at radius 2 is 1.96 bits per heavy atom. The van der Waals surface area contributed by atoms with Gasteiger partial charge in [0.15, 0.2) is 0 Å². The van der Waals surface area contributed by atoms with Gasteiger partial charge in [0.05, 0.1) is 5.52 Å². The highest BCUT2D eigenvalue weighted by Crippen LogP contribution is 2.21. The van der Waals surface area contributed by atoms with E-state index in [9.17, 15) is 4.79 Å². The highest BCUT2D eigenvalue weighted by Gasteiger charge is 2.17. The summed E-state index contributed by atoms with van der Waals surface area (Å²) in [7, 11) is 0. The molecule has 0 bridgehead atoms. The third-order valence-corrected chi connectivity index (χ3v) is 4.24. The van der Waals surface area contributed by atoms with Crippen LogP contribution in [0.4, 0.5) is 0 Å². The topological polar surface area (TPSA) is 82.3 Å². The summed E-state index contributed by atoms with van der Waals surface area (Å²) in [6.07, 6.45) is 0. The van der Waals surface area contributed by atoms with Gasteiger partial charge in [0.1, 0.15) is 11.8 Å². The highest BCUT2D eigenvalue weighted by molar-refractivity contribution is 6.30. The number of ether oxygens (including phenoxy) is 1. The summed E-state index contributed by atoms with van der Waals surface area (Å²) in [6, 6.07) is 11.3. The van der Waals surface area contributed by atoms with Crippen molar-refractivity contribution in [1.82, 2.24) is 24.6 Å². The summed E-state index contributed by atoms with van der Waals surface area (Å²) in [6.45, 7) is 3.71. The number of halogens is 1. The SMILES string of the molecule is Cc1cc(C)n2nc(C(=O)OCc3cc4ccccc4nc3Cl)nc2n1. The van der Waals surface area contributed by atoms with Crippen LogP contribution in [-0.4, -0.2) is 30.5 Å².